The molecule has 0 heterocycles. The second kappa shape index (κ2) is 12.3. The van der Waals surface area contributed by atoms with E-state index in [1.165, 1.54) is 0 Å². The maximum Gasteiger partial charge on any atom is 0.251 e. The minimum atomic E-state index is -0.0864. The molecule has 2 aromatic rings. The van der Waals surface area contributed by atoms with Crippen LogP contribution in [0.5, 0.6) is 17.2 Å². The zero-order chi connectivity index (χ0) is 22.6. The summed E-state index contributed by atoms with van der Waals surface area (Å²) in [4.78, 5) is 16.0. The Morgan fingerprint density at radius 3 is 2.13 bits per heavy atom. The highest BCUT2D eigenvalue weighted by molar-refractivity contribution is 5.94. The molecule has 2 aromatic carbocycles. The molecule has 0 aliphatic carbocycles. The second-order valence-electron chi connectivity index (χ2n) is 6.72. The normalized spacial score (nSPS) is 10.9. The first-order chi connectivity index (χ1) is 15.1. The quantitative estimate of drug-likeness (QED) is 0.396. The van der Waals surface area contributed by atoms with Crippen molar-refractivity contribution in [3.63, 3.8) is 0 Å². The lowest BCUT2D eigenvalue weighted by Crippen LogP contribution is -2.39. The Kier molecular flexibility index (Phi) is 9.48. The Morgan fingerprint density at radius 2 is 1.58 bits per heavy atom. The number of benzene rings is 2. The lowest BCUT2D eigenvalue weighted by molar-refractivity contribution is 0.0963. The molecule has 0 unspecified atom stereocenters. The number of carbonyl (C=O) groups is 1. The van der Waals surface area contributed by atoms with Gasteiger partial charge in [0.15, 0.2) is 5.96 Å². The molecular formula is C23H32N4O4. The van der Waals surface area contributed by atoms with E-state index in [0.717, 1.165) is 29.0 Å². The highest BCUT2D eigenvalue weighted by Gasteiger charge is 2.13. The second-order valence-corrected chi connectivity index (χ2v) is 6.72. The molecule has 8 nitrogen and oxygen atoms in total. The van der Waals surface area contributed by atoms with Crippen molar-refractivity contribution >= 4 is 11.9 Å². The first-order valence-corrected chi connectivity index (χ1v) is 10.1. The summed E-state index contributed by atoms with van der Waals surface area (Å²) in [5, 5.41) is 9.25. The number of nitrogens with zero attached hydrogens (tertiary/aromatic N) is 1. The molecule has 31 heavy (non-hydrogen) atoms. The Hall–Kier alpha value is -3.42. The van der Waals surface area contributed by atoms with Gasteiger partial charge in [0.2, 0.25) is 0 Å². The largest absolute Gasteiger partial charge is 0.496 e. The van der Waals surface area contributed by atoms with Crippen LogP contribution in [0.4, 0.5) is 0 Å². The van der Waals surface area contributed by atoms with Crippen molar-refractivity contribution in [3.05, 3.63) is 53.1 Å². The van der Waals surface area contributed by atoms with E-state index in [2.05, 4.69) is 20.9 Å². The van der Waals surface area contributed by atoms with Crippen LogP contribution in [0.3, 0.4) is 0 Å². The van der Waals surface area contributed by atoms with Gasteiger partial charge >= 0.3 is 0 Å². The third kappa shape index (κ3) is 6.80. The first kappa shape index (κ1) is 23.9. The molecule has 8 heteroatoms. The van der Waals surface area contributed by atoms with Gasteiger partial charge in [0.05, 0.1) is 21.3 Å². The zero-order valence-electron chi connectivity index (χ0n) is 18.9. The van der Waals surface area contributed by atoms with E-state index in [1.54, 1.807) is 41.5 Å². The number of guanidine groups is 1. The smallest absolute Gasteiger partial charge is 0.251 e. The summed E-state index contributed by atoms with van der Waals surface area (Å²) in [7, 11) is 8.23. The fourth-order valence-electron chi connectivity index (χ4n) is 3.19. The van der Waals surface area contributed by atoms with Gasteiger partial charge in [-0.05, 0) is 30.5 Å². The van der Waals surface area contributed by atoms with E-state index in [-0.39, 0.29) is 5.91 Å². The predicted molar refractivity (Wildman–Crippen MR) is 123 cm³/mol. The number of ether oxygens (including phenoxy) is 3. The van der Waals surface area contributed by atoms with Gasteiger partial charge in [0, 0.05) is 50.4 Å². The first-order valence-electron chi connectivity index (χ1n) is 10.1. The van der Waals surface area contributed by atoms with Crippen molar-refractivity contribution in [1.82, 2.24) is 16.0 Å². The summed E-state index contributed by atoms with van der Waals surface area (Å²) in [5.74, 6) is 2.74. The Labute approximate surface area is 184 Å². The monoisotopic (exact) mass is 428 g/mol. The standard InChI is InChI=1S/C23H32N4O4/c1-24-22(28)17-8-6-7-16(13-17)9-11-26-23(25-2)27-12-10-19-20(30-4)14-18(29-3)15-21(19)31-5/h6-8,13-15H,9-12H2,1-5H3,(H,24,28)(H2,25,26,27). The third-order valence-electron chi connectivity index (χ3n) is 4.83. The van der Waals surface area contributed by atoms with Crippen LogP contribution in [0.25, 0.3) is 0 Å². The summed E-state index contributed by atoms with van der Waals surface area (Å²) in [5.41, 5.74) is 2.70. The van der Waals surface area contributed by atoms with Crippen molar-refractivity contribution < 1.29 is 19.0 Å². The number of hydrogen-bond donors (Lipinski definition) is 3. The van der Waals surface area contributed by atoms with E-state index < -0.39 is 0 Å². The minimum absolute atomic E-state index is 0.0864. The average Bonchev–Trinajstić information content (AvgIpc) is 2.82. The van der Waals surface area contributed by atoms with Crippen molar-refractivity contribution in [2.45, 2.75) is 12.8 Å². The van der Waals surface area contributed by atoms with Crippen molar-refractivity contribution in [3.8, 4) is 17.2 Å². The number of amides is 1. The van der Waals surface area contributed by atoms with Gasteiger partial charge in [-0.3, -0.25) is 9.79 Å². The van der Waals surface area contributed by atoms with E-state index in [1.807, 2.05) is 30.3 Å². The van der Waals surface area contributed by atoms with Crippen LogP contribution in [-0.2, 0) is 12.8 Å². The molecule has 3 N–H and O–H groups in total. The van der Waals surface area contributed by atoms with Gasteiger partial charge in [0.1, 0.15) is 17.2 Å². The number of methoxy groups -OCH3 is 3. The summed E-state index contributed by atoms with van der Waals surface area (Å²) >= 11 is 0. The molecule has 0 atom stereocenters. The highest BCUT2D eigenvalue weighted by Crippen LogP contribution is 2.34. The zero-order valence-corrected chi connectivity index (χ0v) is 18.9. The lowest BCUT2D eigenvalue weighted by Gasteiger charge is -2.16. The maximum atomic E-state index is 11.8. The fourth-order valence-corrected chi connectivity index (χ4v) is 3.19. The maximum absolute atomic E-state index is 11.8. The molecule has 0 radical (unpaired) electrons. The van der Waals surface area contributed by atoms with Crippen LogP contribution >= 0.6 is 0 Å². The van der Waals surface area contributed by atoms with Gasteiger partial charge in [-0.15, -0.1) is 0 Å². The predicted octanol–water partition coefficient (Wildman–Crippen LogP) is 2.02. The van der Waals surface area contributed by atoms with Crippen molar-refractivity contribution in [2.24, 2.45) is 4.99 Å². The minimum Gasteiger partial charge on any atom is -0.496 e. The number of rotatable bonds is 10. The summed E-state index contributed by atoms with van der Waals surface area (Å²) in [6.07, 6.45) is 1.46. The van der Waals surface area contributed by atoms with Crippen LogP contribution in [0.2, 0.25) is 0 Å². The van der Waals surface area contributed by atoms with Crippen LogP contribution in [0, 0.1) is 0 Å². The Morgan fingerprint density at radius 1 is 0.935 bits per heavy atom. The number of nitrogens with one attached hydrogen (secondary N) is 3. The third-order valence-corrected chi connectivity index (χ3v) is 4.83. The van der Waals surface area contributed by atoms with Crippen LogP contribution in [0.1, 0.15) is 21.5 Å². The molecule has 0 fully saturated rings. The average molecular weight is 429 g/mol. The highest BCUT2D eigenvalue weighted by atomic mass is 16.5. The lowest BCUT2D eigenvalue weighted by atomic mass is 10.1. The molecule has 0 bridgehead atoms. The molecule has 0 saturated heterocycles. The van der Waals surface area contributed by atoms with Gasteiger partial charge < -0.3 is 30.2 Å². The van der Waals surface area contributed by atoms with Crippen molar-refractivity contribution in [2.75, 3.05) is 48.5 Å². The molecular weight excluding hydrogens is 396 g/mol. The van der Waals surface area contributed by atoms with E-state index in [9.17, 15) is 4.79 Å². The summed E-state index contributed by atoms with van der Waals surface area (Å²) in [6.45, 7) is 1.33. The van der Waals surface area contributed by atoms with Crippen LogP contribution in [0.15, 0.2) is 41.4 Å². The summed E-state index contributed by atoms with van der Waals surface area (Å²) in [6, 6.07) is 11.3. The topological polar surface area (TPSA) is 93.2 Å². The molecule has 0 aliphatic rings. The van der Waals surface area contributed by atoms with Gasteiger partial charge in [-0.2, -0.15) is 0 Å². The number of hydrogen-bond acceptors (Lipinski definition) is 5. The molecule has 2 rings (SSSR count). The van der Waals surface area contributed by atoms with Crippen LogP contribution in [-0.4, -0.2) is 60.4 Å². The SMILES string of the molecule is CN=C(NCCc1cccc(C(=O)NC)c1)NCCc1c(OC)cc(OC)cc1OC. The molecule has 0 saturated carbocycles. The number of carbonyl (C=O) groups excluding carboxylic acids is 1. The Bertz CT molecular complexity index is 874. The molecule has 0 spiro atoms. The number of aliphatic imine (C=N–C) groups is 1. The van der Waals surface area contributed by atoms with Crippen molar-refractivity contribution in [1.29, 1.82) is 0 Å². The van der Waals surface area contributed by atoms with Gasteiger partial charge in [0.25, 0.3) is 5.91 Å². The Balaban J connectivity index is 1.89. The van der Waals surface area contributed by atoms with Gasteiger partial charge in [-0.25, -0.2) is 0 Å². The molecule has 0 aromatic heterocycles. The molecule has 168 valence electrons. The fraction of sp³-hybridized carbons (Fsp3) is 0.391. The van der Waals surface area contributed by atoms with E-state index >= 15 is 0 Å². The molecule has 0 aliphatic heterocycles. The van der Waals surface area contributed by atoms with Crippen LogP contribution < -0.4 is 30.2 Å². The van der Waals surface area contributed by atoms with Gasteiger partial charge in [-0.1, -0.05) is 12.1 Å². The van der Waals surface area contributed by atoms with E-state index in [4.69, 9.17) is 14.2 Å². The van der Waals surface area contributed by atoms with E-state index in [0.29, 0.717) is 36.8 Å². The molecule has 1 amide bonds. The summed E-state index contributed by atoms with van der Waals surface area (Å²) < 4.78 is 16.3.